The Morgan fingerprint density at radius 3 is 2.60 bits per heavy atom. The summed E-state index contributed by atoms with van der Waals surface area (Å²) in [6.07, 6.45) is 6.31. The van der Waals surface area contributed by atoms with Crippen LogP contribution < -0.4 is 5.32 Å². The molecule has 0 bridgehead atoms. The summed E-state index contributed by atoms with van der Waals surface area (Å²) >= 11 is 6.14. The van der Waals surface area contributed by atoms with E-state index in [0.29, 0.717) is 17.3 Å². The van der Waals surface area contributed by atoms with Gasteiger partial charge in [0, 0.05) is 23.8 Å². The molecule has 1 N–H and O–H groups in total. The molecule has 7 heteroatoms. The Labute approximate surface area is 154 Å². The lowest BCUT2D eigenvalue weighted by Crippen LogP contribution is -2.39. The van der Waals surface area contributed by atoms with Crippen LogP contribution in [0.5, 0.6) is 0 Å². The number of carbonyl (C=O) groups is 1. The topological polar surface area (TPSA) is 66.5 Å². The number of benzene rings is 1. The zero-order valence-electron chi connectivity index (χ0n) is 14.7. The smallest absolute Gasteiger partial charge is 0.229 e. The molecule has 1 heterocycles. The molecule has 1 unspecified atom stereocenters. The quantitative estimate of drug-likeness (QED) is 0.868. The third-order valence-electron chi connectivity index (χ3n) is 5.78. The fourth-order valence-corrected chi connectivity index (χ4v) is 5.35. The summed E-state index contributed by atoms with van der Waals surface area (Å²) in [7, 11) is -3.30. The van der Waals surface area contributed by atoms with Gasteiger partial charge in [-0.2, -0.15) is 0 Å². The van der Waals surface area contributed by atoms with Crippen LogP contribution in [0.3, 0.4) is 0 Å². The van der Waals surface area contributed by atoms with Crippen LogP contribution in [0, 0.1) is 18.3 Å². The Bertz CT molecular complexity index is 773. The van der Waals surface area contributed by atoms with Crippen molar-refractivity contribution in [3.05, 3.63) is 28.8 Å². The molecule has 1 saturated carbocycles. The number of amides is 1. The molecule has 1 saturated heterocycles. The summed E-state index contributed by atoms with van der Waals surface area (Å²) < 4.78 is 25.6. The van der Waals surface area contributed by atoms with Gasteiger partial charge in [0.25, 0.3) is 0 Å². The molecule has 0 radical (unpaired) electrons. The van der Waals surface area contributed by atoms with Crippen molar-refractivity contribution in [2.24, 2.45) is 11.3 Å². The Kier molecular flexibility index (Phi) is 5.15. The lowest BCUT2D eigenvalue weighted by Gasteiger charge is -2.37. The summed E-state index contributed by atoms with van der Waals surface area (Å²) in [5.41, 5.74) is 1.28. The second-order valence-electron chi connectivity index (χ2n) is 7.43. The minimum absolute atomic E-state index is 0.0987. The van der Waals surface area contributed by atoms with E-state index >= 15 is 0 Å². The van der Waals surface area contributed by atoms with Gasteiger partial charge in [-0.1, -0.05) is 36.9 Å². The zero-order chi connectivity index (χ0) is 18.2. The molecular weight excluding hydrogens is 360 g/mol. The van der Waals surface area contributed by atoms with Crippen molar-refractivity contribution in [1.82, 2.24) is 4.31 Å². The summed E-state index contributed by atoms with van der Waals surface area (Å²) in [6.45, 7) is 2.59. The summed E-state index contributed by atoms with van der Waals surface area (Å²) in [5.74, 6) is -0.417. The van der Waals surface area contributed by atoms with Crippen molar-refractivity contribution in [3.8, 4) is 0 Å². The first-order valence-electron chi connectivity index (χ1n) is 8.74. The van der Waals surface area contributed by atoms with Gasteiger partial charge in [0.2, 0.25) is 15.9 Å². The van der Waals surface area contributed by atoms with E-state index in [0.717, 1.165) is 37.7 Å². The highest BCUT2D eigenvalue weighted by Crippen LogP contribution is 2.48. The highest BCUT2D eigenvalue weighted by molar-refractivity contribution is 7.88. The SMILES string of the molecule is Cc1c(Cl)cccc1NC(=O)C1CN(S(C)(=O)=O)CC12CCCCC2. The number of nitrogens with one attached hydrogen (secondary N) is 1. The van der Waals surface area contributed by atoms with Gasteiger partial charge < -0.3 is 5.32 Å². The first kappa shape index (κ1) is 18.7. The maximum Gasteiger partial charge on any atom is 0.229 e. The highest BCUT2D eigenvalue weighted by atomic mass is 35.5. The first-order chi connectivity index (χ1) is 11.7. The van der Waals surface area contributed by atoms with E-state index in [9.17, 15) is 13.2 Å². The average Bonchev–Trinajstić information content (AvgIpc) is 2.92. The van der Waals surface area contributed by atoms with Crippen molar-refractivity contribution in [3.63, 3.8) is 0 Å². The van der Waals surface area contributed by atoms with Crippen LogP contribution in [-0.2, 0) is 14.8 Å². The fourth-order valence-electron chi connectivity index (χ4n) is 4.26. The molecule has 3 rings (SSSR count). The number of halogens is 1. The Hall–Kier alpha value is -1.11. The minimum Gasteiger partial charge on any atom is -0.325 e. The van der Waals surface area contributed by atoms with Crippen LogP contribution in [0.15, 0.2) is 18.2 Å². The number of hydrogen-bond acceptors (Lipinski definition) is 3. The molecule has 25 heavy (non-hydrogen) atoms. The predicted octanol–water partition coefficient (Wildman–Crippen LogP) is 3.43. The Balaban J connectivity index is 1.87. The molecule has 138 valence electrons. The molecule has 1 amide bonds. The second-order valence-corrected chi connectivity index (χ2v) is 9.82. The second kappa shape index (κ2) is 6.89. The summed E-state index contributed by atoms with van der Waals surface area (Å²) in [4.78, 5) is 13.0. The number of carbonyl (C=O) groups excluding carboxylic acids is 1. The number of sulfonamides is 1. The third kappa shape index (κ3) is 3.71. The van der Waals surface area contributed by atoms with Crippen molar-refractivity contribution >= 4 is 33.2 Å². The predicted molar refractivity (Wildman–Crippen MR) is 100 cm³/mol. The summed E-state index contributed by atoms with van der Waals surface area (Å²) in [5, 5.41) is 3.60. The van der Waals surface area contributed by atoms with E-state index in [1.165, 1.54) is 10.6 Å². The zero-order valence-corrected chi connectivity index (χ0v) is 16.3. The number of anilines is 1. The van der Waals surface area contributed by atoms with Gasteiger partial charge in [-0.3, -0.25) is 4.79 Å². The van der Waals surface area contributed by atoms with Crippen molar-refractivity contribution in [2.75, 3.05) is 24.7 Å². The minimum atomic E-state index is -3.30. The highest BCUT2D eigenvalue weighted by Gasteiger charge is 2.52. The lowest BCUT2D eigenvalue weighted by molar-refractivity contribution is -0.123. The van der Waals surface area contributed by atoms with E-state index in [1.54, 1.807) is 12.1 Å². The molecule has 1 aromatic rings. The van der Waals surface area contributed by atoms with Gasteiger partial charge in [0.15, 0.2) is 0 Å². The molecule has 1 spiro atoms. The van der Waals surface area contributed by atoms with Crippen LogP contribution in [0.25, 0.3) is 0 Å². The van der Waals surface area contributed by atoms with Crippen molar-refractivity contribution in [2.45, 2.75) is 39.0 Å². The van der Waals surface area contributed by atoms with Gasteiger partial charge in [0.05, 0.1) is 12.2 Å². The van der Waals surface area contributed by atoms with E-state index in [4.69, 9.17) is 11.6 Å². The lowest BCUT2D eigenvalue weighted by atomic mass is 9.67. The van der Waals surface area contributed by atoms with Crippen LogP contribution in [-0.4, -0.2) is 38.0 Å². The standard InChI is InChI=1S/C18H25ClN2O3S/c1-13-15(19)7-6-8-16(13)20-17(22)14-11-21(25(2,23)24)12-18(14)9-4-3-5-10-18/h6-8,14H,3-5,9-12H2,1-2H3,(H,20,22). The molecule has 5 nitrogen and oxygen atoms in total. The van der Waals surface area contributed by atoms with Gasteiger partial charge >= 0.3 is 0 Å². The van der Waals surface area contributed by atoms with Crippen molar-refractivity contribution in [1.29, 1.82) is 0 Å². The number of hydrogen-bond donors (Lipinski definition) is 1. The van der Waals surface area contributed by atoms with Crippen LogP contribution in [0.2, 0.25) is 5.02 Å². The first-order valence-corrected chi connectivity index (χ1v) is 11.0. The maximum atomic E-state index is 13.0. The Morgan fingerprint density at radius 1 is 1.28 bits per heavy atom. The van der Waals surface area contributed by atoms with Gasteiger partial charge in [-0.25, -0.2) is 12.7 Å². The van der Waals surface area contributed by atoms with E-state index < -0.39 is 10.0 Å². The molecule has 1 aliphatic heterocycles. The maximum absolute atomic E-state index is 13.0. The Morgan fingerprint density at radius 2 is 1.96 bits per heavy atom. The number of nitrogens with zero attached hydrogens (tertiary/aromatic N) is 1. The monoisotopic (exact) mass is 384 g/mol. The van der Waals surface area contributed by atoms with Gasteiger partial charge in [0.1, 0.15) is 0 Å². The van der Waals surface area contributed by atoms with Crippen LogP contribution >= 0.6 is 11.6 Å². The largest absolute Gasteiger partial charge is 0.325 e. The van der Waals surface area contributed by atoms with Crippen LogP contribution in [0.1, 0.15) is 37.7 Å². The third-order valence-corrected chi connectivity index (χ3v) is 7.40. The van der Waals surface area contributed by atoms with Crippen molar-refractivity contribution < 1.29 is 13.2 Å². The average molecular weight is 385 g/mol. The summed E-state index contributed by atoms with van der Waals surface area (Å²) in [6, 6.07) is 5.42. The molecule has 1 atom stereocenters. The van der Waals surface area contributed by atoms with Gasteiger partial charge in [-0.05, 0) is 42.9 Å². The van der Waals surface area contributed by atoms with E-state index in [2.05, 4.69) is 5.32 Å². The van der Waals surface area contributed by atoms with Gasteiger partial charge in [-0.15, -0.1) is 0 Å². The van der Waals surface area contributed by atoms with Crippen LogP contribution in [0.4, 0.5) is 5.69 Å². The molecule has 0 aromatic heterocycles. The molecular formula is C18H25ClN2O3S. The molecule has 1 aromatic carbocycles. The van der Waals surface area contributed by atoms with E-state index in [-0.39, 0.29) is 23.8 Å². The molecule has 1 aliphatic carbocycles. The molecule has 2 fully saturated rings. The normalized spacial score (nSPS) is 23.7. The number of rotatable bonds is 3. The fraction of sp³-hybridized carbons (Fsp3) is 0.611. The van der Waals surface area contributed by atoms with E-state index in [1.807, 2.05) is 13.0 Å². The molecule has 2 aliphatic rings.